The summed E-state index contributed by atoms with van der Waals surface area (Å²) in [7, 11) is 0. The van der Waals surface area contributed by atoms with Gasteiger partial charge >= 0.3 is 37.7 Å². The van der Waals surface area contributed by atoms with E-state index in [2.05, 4.69) is 19.4 Å². The minimum atomic E-state index is -5.50. The lowest BCUT2D eigenvalue weighted by molar-refractivity contribution is -0.426. The molecular formula is C23H58F26O6. The van der Waals surface area contributed by atoms with Crippen LogP contribution < -0.4 is 0 Å². The Labute approximate surface area is 305 Å². The first-order valence-corrected chi connectivity index (χ1v) is 7.76. The standard InChI is InChI=1S/2C3H2F6O.2CF4O.2CH2F2O.CH2F2.12CH4/c4-2(5,6)1-10-3(7,8)9;4-1-2(5,6)10-3(7,8)9;2*2-1(3,4)6-5;2*2-1-4-3;2-1-3;;;;;;;;;;;;/h2*1H2;;;2*1H2;1H2;12*1H4. The number of ether oxygens (including phenoxy) is 2. The van der Waals surface area contributed by atoms with Gasteiger partial charge in [-0.1, -0.05) is 99.0 Å². The van der Waals surface area contributed by atoms with E-state index in [1.165, 1.54) is 9.88 Å². The fourth-order valence-electron chi connectivity index (χ4n) is 0.360. The summed E-state index contributed by atoms with van der Waals surface area (Å²) in [6, 6.07) is 0. The van der Waals surface area contributed by atoms with Crippen molar-refractivity contribution >= 4 is 0 Å². The maximum absolute atomic E-state index is 11.3. The van der Waals surface area contributed by atoms with Crippen LogP contribution in [0.4, 0.5) is 115 Å². The molecule has 0 rings (SSSR count). The molecule has 0 N–H and O–H groups in total. The average molecular weight is 925 g/mol. The largest absolute Gasteiger partial charge is 0.553 e. The van der Waals surface area contributed by atoms with Gasteiger partial charge in [0, 0.05) is 0 Å². The molecule has 0 atom stereocenters. The van der Waals surface area contributed by atoms with E-state index in [9.17, 15) is 115 Å². The van der Waals surface area contributed by atoms with E-state index < -0.39 is 71.7 Å². The second-order valence-corrected chi connectivity index (χ2v) is 4.25. The lowest BCUT2D eigenvalue weighted by Gasteiger charge is -2.14. The zero-order chi connectivity index (χ0) is 36.8. The summed E-state index contributed by atoms with van der Waals surface area (Å²) in [5, 5.41) is 0. The number of halogens is 26. The van der Waals surface area contributed by atoms with Crippen molar-refractivity contribution in [3.8, 4) is 0 Å². The number of hydrogen-bond donors (Lipinski definition) is 0. The summed E-state index contributed by atoms with van der Waals surface area (Å²) in [4.78, 5) is 7.62. The van der Waals surface area contributed by atoms with Crippen LogP contribution in [0.15, 0.2) is 0 Å². The summed E-state index contributed by atoms with van der Waals surface area (Å²) in [5.74, 6) is 0. The van der Waals surface area contributed by atoms with Crippen LogP contribution in [0.2, 0.25) is 0 Å². The normalized spacial score (nSPS) is 9.05. The zero-order valence-electron chi connectivity index (χ0n) is 18.8. The molecule has 0 unspecified atom stereocenters. The second-order valence-electron chi connectivity index (χ2n) is 4.25. The van der Waals surface area contributed by atoms with Crippen molar-refractivity contribution in [1.29, 1.82) is 0 Å². The van der Waals surface area contributed by atoms with Crippen molar-refractivity contribution < 1.29 is 144 Å². The molecule has 0 saturated heterocycles. The third kappa shape index (κ3) is 269. The van der Waals surface area contributed by atoms with Crippen LogP contribution >= 0.6 is 0 Å². The Hall–Kier alpha value is -2.06. The van der Waals surface area contributed by atoms with Crippen LogP contribution in [0, 0.1) is 0 Å². The Kier molecular flexibility index (Phi) is 150. The molecule has 0 aliphatic rings. The number of rotatable bonds is 5. The zero-order valence-corrected chi connectivity index (χ0v) is 18.8. The first kappa shape index (κ1) is 124. The minimum Gasteiger partial charge on any atom is -0.282 e. The molecule has 368 valence electrons. The second kappa shape index (κ2) is 66.7. The molecule has 55 heavy (non-hydrogen) atoms. The molecule has 6 nitrogen and oxygen atoms in total. The third-order valence-corrected chi connectivity index (χ3v) is 1.08. The molecule has 0 aliphatic carbocycles. The number of hydrogen-bond acceptors (Lipinski definition) is 6. The van der Waals surface area contributed by atoms with Gasteiger partial charge in [0.05, 0.1) is 0 Å². The summed E-state index contributed by atoms with van der Waals surface area (Å²) >= 11 is 0. The van der Waals surface area contributed by atoms with E-state index in [0.717, 1.165) is 0 Å². The highest BCUT2D eigenvalue weighted by atomic mass is 19.5. The van der Waals surface area contributed by atoms with Crippen LogP contribution in [0.1, 0.15) is 89.1 Å². The van der Waals surface area contributed by atoms with Gasteiger partial charge in [-0.25, -0.2) is 26.7 Å². The summed E-state index contributed by atoms with van der Waals surface area (Å²) in [6.45, 7) is -9.23. The quantitative estimate of drug-likeness (QED) is 0.256. The maximum atomic E-state index is 11.3. The Morgan fingerprint density at radius 3 is 0.564 bits per heavy atom. The fraction of sp³-hybridized carbons (Fsp3) is 1.00. The molecule has 0 saturated carbocycles. The van der Waals surface area contributed by atoms with E-state index in [-0.39, 0.29) is 89.1 Å². The lowest BCUT2D eigenvalue weighted by Crippen LogP contribution is -2.31. The highest BCUT2D eigenvalue weighted by Gasteiger charge is 2.45. The van der Waals surface area contributed by atoms with Crippen LogP contribution in [0.25, 0.3) is 0 Å². The molecule has 0 aromatic heterocycles. The van der Waals surface area contributed by atoms with Gasteiger partial charge in [0.15, 0.2) is 13.3 Å². The first-order valence-electron chi connectivity index (χ1n) is 7.76. The third-order valence-electron chi connectivity index (χ3n) is 1.08. The molecule has 0 aliphatic heterocycles. The molecule has 0 heterocycles. The van der Waals surface area contributed by atoms with Crippen molar-refractivity contribution in [3.05, 3.63) is 0 Å². The van der Waals surface area contributed by atoms with Crippen LogP contribution in [0.3, 0.4) is 0 Å². The molecule has 0 radical (unpaired) electrons. The molecule has 0 aromatic carbocycles. The van der Waals surface area contributed by atoms with Gasteiger partial charge in [-0.15, -0.1) is 52.7 Å². The van der Waals surface area contributed by atoms with Gasteiger partial charge in [0.2, 0.25) is 20.6 Å². The van der Waals surface area contributed by atoms with Crippen molar-refractivity contribution in [2.24, 2.45) is 0 Å². The average Bonchev–Trinajstić information content (AvgIpc) is 2.82. The minimum absolute atomic E-state index is 0. The van der Waals surface area contributed by atoms with Gasteiger partial charge in [0.25, 0.3) is 0 Å². The summed E-state index contributed by atoms with van der Waals surface area (Å²) in [6.07, 6.45) is -30.7. The van der Waals surface area contributed by atoms with E-state index >= 15 is 0 Å². The van der Waals surface area contributed by atoms with Gasteiger partial charge in [0.1, 0.15) is 0 Å². The van der Waals surface area contributed by atoms with Crippen molar-refractivity contribution in [2.45, 2.75) is 127 Å². The topological polar surface area (TPSA) is 55.4 Å². The van der Waals surface area contributed by atoms with E-state index in [4.69, 9.17) is 0 Å². The smallest absolute Gasteiger partial charge is 0.282 e. The molecule has 0 aromatic rings. The van der Waals surface area contributed by atoms with Gasteiger partial charge in [-0.2, -0.15) is 31.8 Å². The van der Waals surface area contributed by atoms with E-state index in [0.29, 0.717) is 0 Å². The molecule has 0 spiro atoms. The molecule has 0 amide bonds. The first-order chi connectivity index (χ1) is 18.8. The SMILES string of the molecule is C.C.C.C.C.C.C.C.C.C.C.C.FC(F)(F)COC(F)(F)F.FCC(F)(F)OC(F)(F)F.FCF.FCOF.FCOF.FOC(F)(F)F.FOC(F)(F)F. The Morgan fingerprint density at radius 1 is 0.345 bits per heavy atom. The van der Waals surface area contributed by atoms with Crippen LogP contribution in [0.5, 0.6) is 0 Å². The molecule has 0 fully saturated rings. The predicted octanol–water partition coefficient (Wildman–Crippen LogP) is 17.1. The van der Waals surface area contributed by atoms with Crippen molar-refractivity contribution in [3.63, 3.8) is 0 Å². The summed E-state index contributed by atoms with van der Waals surface area (Å²) in [5.41, 5.74) is 0. The van der Waals surface area contributed by atoms with Gasteiger partial charge in [-0.05, 0) is 18.1 Å². The Balaban J connectivity index is -0.0000000161. The van der Waals surface area contributed by atoms with Crippen molar-refractivity contribution in [2.75, 3.05) is 33.9 Å². The van der Waals surface area contributed by atoms with Crippen molar-refractivity contribution in [1.82, 2.24) is 0 Å². The Morgan fingerprint density at radius 2 is 0.527 bits per heavy atom. The molecular weight excluding hydrogens is 866 g/mol. The monoisotopic (exact) mass is 924 g/mol. The van der Waals surface area contributed by atoms with Gasteiger partial charge in [-0.3, -0.25) is 4.74 Å². The van der Waals surface area contributed by atoms with E-state index in [1.807, 2.05) is 0 Å². The number of alkyl halides is 22. The van der Waals surface area contributed by atoms with Crippen LogP contribution in [-0.2, 0) is 29.2 Å². The summed E-state index contributed by atoms with van der Waals surface area (Å²) < 4.78 is 276. The highest BCUT2D eigenvalue weighted by Crippen LogP contribution is 2.27. The maximum Gasteiger partial charge on any atom is 0.553 e. The lowest BCUT2D eigenvalue weighted by atomic mass is 10.7. The van der Waals surface area contributed by atoms with Crippen LogP contribution in [-0.4, -0.2) is 71.7 Å². The predicted molar refractivity (Wildman–Crippen MR) is 157 cm³/mol. The van der Waals surface area contributed by atoms with E-state index in [1.54, 1.807) is 0 Å². The fourth-order valence-corrected chi connectivity index (χ4v) is 0.360. The van der Waals surface area contributed by atoms with Gasteiger partial charge < -0.3 is 0 Å². The Bertz CT molecular complexity index is 511. The molecule has 32 heteroatoms. The highest BCUT2D eigenvalue weighted by molar-refractivity contribution is 4.48. The molecule has 0 bridgehead atoms.